The first kappa shape index (κ1) is 18.4. The molecule has 7 nitrogen and oxygen atoms in total. The smallest absolute Gasteiger partial charge is 0.249 e. The van der Waals surface area contributed by atoms with Crippen LogP contribution in [0.5, 0.6) is 11.5 Å². The fraction of sp³-hybridized carbons (Fsp3) is 0.250. The first-order valence-corrected chi connectivity index (χ1v) is 8.72. The number of hydrogen-bond donors (Lipinski definition) is 2. The second-order valence-corrected chi connectivity index (χ2v) is 5.88. The second kappa shape index (κ2) is 8.84. The van der Waals surface area contributed by atoms with Gasteiger partial charge in [-0.2, -0.15) is 10.1 Å². The predicted octanol–water partition coefficient (Wildman–Crippen LogP) is 3.81. The van der Waals surface area contributed by atoms with Crippen molar-refractivity contribution in [2.75, 3.05) is 24.9 Å². The van der Waals surface area contributed by atoms with Crippen molar-refractivity contribution in [3.8, 4) is 11.5 Å². The Bertz CT molecular complexity index is 884. The van der Waals surface area contributed by atoms with Crippen LogP contribution in [0.2, 0.25) is 0 Å². The number of aromatic nitrogens is 3. The molecule has 1 aromatic heterocycles. The molecule has 0 aliphatic rings. The molecule has 0 fully saturated rings. The van der Waals surface area contributed by atoms with Gasteiger partial charge in [-0.05, 0) is 41.8 Å². The number of hydrogen-bond acceptors (Lipinski definition) is 7. The van der Waals surface area contributed by atoms with Crippen LogP contribution in [-0.4, -0.2) is 29.4 Å². The van der Waals surface area contributed by atoms with Crippen LogP contribution in [0, 0.1) is 0 Å². The minimum atomic E-state index is 0.441. The summed E-state index contributed by atoms with van der Waals surface area (Å²) >= 11 is 0. The van der Waals surface area contributed by atoms with Gasteiger partial charge in [0.15, 0.2) is 17.3 Å². The second-order valence-electron chi connectivity index (χ2n) is 5.88. The molecule has 27 heavy (non-hydrogen) atoms. The minimum Gasteiger partial charge on any atom is -0.493 e. The summed E-state index contributed by atoms with van der Waals surface area (Å²) in [6.45, 7) is 2.70. The van der Waals surface area contributed by atoms with E-state index in [0.717, 1.165) is 17.7 Å². The lowest BCUT2D eigenvalue weighted by Crippen LogP contribution is -2.06. The Hall–Kier alpha value is -3.35. The van der Waals surface area contributed by atoms with E-state index in [1.54, 1.807) is 20.4 Å². The van der Waals surface area contributed by atoms with E-state index < -0.39 is 0 Å². The van der Waals surface area contributed by atoms with Gasteiger partial charge in [-0.1, -0.05) is 25.1 Å². The zero-order valence-corrected chi connectivity index (χ0v) is 15.7. The maximum atomic E-state index is 5.33. The summed E-state index contributed by atoms with van der Waals surface area (Å²) in [5.41, 5.74) is 3.24. The summed E-state index contributed by atoms with van der Waals surface area (Å²) < 4.78 is 10.6. The van der Waals surface area contributed by atoms with Crippen molar-refractivity contribution in [3.63, 3.8) is 0 Å². The van der Waals surface area contributed by atoms with Gasteiger partial charge in [0, 0.05) is 12.2 Å². The van der Waals surface area contributed by atoms with Gasteiger partial charge in [0.1, 0.15) is 0 Å². The van der Waals surface area contributed by atoms with Gasteiger partial charge in [-0.3, -0.25) is 0 Å². The molecule has 0 saturated carbocycles. The summed E-state index contributed by atoms with van der Waals surface area (Å²) in [6, 6.07) is 13.9. The highest BCUT2D eigenvalue weighted by atomic mass is 16.5. The van der Waals surface area contributed by atoms with Crippen molar-refractivity contribution in [2.24, 2.45) is 0 Å². The summed E-state index contributed by atoms with van der Waals surface area (Å²) in [6.07, 6.45) is 2.60. The third-order valence-corrected chi connectivity index (χ3v) is 4.10. The van der Waals surface area contributed by atoms with E-state index in [-0.39, 0.29) is 0 Å². The highest BCUT2D eigenvalue weighted by Crippen LogP contribution is 2.27. The monoisotopic (exact) mass is 365 g/mol. The summed E-state index contributed by atoms with van der Waals surface area (Å²) in [4.78, 5) is 4.45. The van der Waals surface area contributed by atoms with Crippen LogP contribution >= 0.6 is 0 Å². The normalized spacial score (nSPS) is 10.3. The van der Waals surface area contributed by atoms with Gasteiger partial charge in [0.2, 0.25) is 5.95 Å². The quantitative estimate of drug-likeness (QED) is 0.628. The molecular formula is C20H23N5O2. The molecule has 0 atom stereocenters. The first-order valence-electron chi connectivity index (χ1n) is 8.72. The lowest BCUT2D eigenvalue weighted by molar-refractivity contribution is 0.354. The third-order valence-electron chi connectivity index (χ3n) is 4.10. The summed E-state index contributed by atoms with van der Waals surface area (Å²) in [5.74, 6) is 2.46. The van der Waals surface area contributed by atoms with Crippen LogP contribution in [0.1, 0.15) is 18.1 Å². The van der Waals surface area contributed by atoms with Crippen LogP contribution in [0.4, 0.5) is 17.5 Å². The third kappa shape index (κ3) is 4.84. The van der Waals surface area contributed by atoms with Crippen LogP contribution in [0.3, 0.4) is 0 Å². The Morgan fingerprint density at radius 2 is 1.67 bits per heavy atom. The Balaban J connectivity index is 1.65. The lowest BCUT2D eigenvalue weighted by Gasteiger charge is -2.11. The standard InChI is InChI=1S/C20H23N5O2/c1-4-14-5-8-16(9-6-14)23-20-24-19(13-22-25-20)21-12-15-7-10-17(26-2)18(11-15)27-3/h5-11,13H,4,12H2,1-3H3,(H2,21,23,24,25). The molecule has 3 rings (SSSR count). The van der Waals surface area contributed by atoms with Crippen LogP contribution < -0.4 is 20.1 Å². The fourth-order valence-electron chi connectivity index (χ4n) is 2.58. The van der Waals surface area contributed by atoms with Gasteiger partial charge in [0.25, 0.3) is 0 Å². The van der Waals surface area contributed by atoms with Crippen molar-refractivity contribution in [1.82, 2.24) is 15.2 Å². The molecule has 0 unspecified atom stereocenters. The first-order chi connectivity index (χ1) is 13.2. The number of methoxy groups -OCH3 is 2. The lowest BCUT2D eigenvalue weighted by atomic mass is 10.1. The largest absolute Gasteiger partial charge is 0.493 e. The number of benzene rings is 2. The van der Waals surface area contributed by atoms with E-state index in [9.17, 15) is 0 Å². The molecule has 0 spiro atoms. The highest BCUT2D eigenvalue weighted by Gasteiger charge is 2.06. The Morgan fingerprint density at radius 1 is 0.926 bits per heavy atom. The molecule has 1 heterocycles. The molecular weight excluding hydrogens is 342 g/mol. The van der Waals surface area contributed by atoms with E-state index >= 15 is 0 Å². The maximum Gasteiger partial charge on any atom is 0.249 e. The van der Waals surface area contributed by atoms with Crippen molar-refractivity contribution in [1.29, 1.82) is 0 Å². The number of ether oxygens (including phenoxy) is 2. The molecule has 2 N–H and O–H groups in total. The van der Waals surface area contributed by atoms with Crippen molar-refractivity contribution >= 4 is 17.5 Å². The molecule has 7 heteroatoms. The number of rotatable bonds is 8. The van der Waals surface area contributed by atoms with Crippen molar-refractivity contribution < 1.29 is 9.47 Å². The SMILES string of the molecule is CCc1ccc(Nc2nncc(NCc3ccc(OC)c(OC)c3)n2)cc1. The number of nitrogens with zero attached hydrogens (tertiary/aromatic N) is 3. The molecule has 0 amide bonds. The fourth-order valence-corrected chi connectivity index (χ4v) is 2.58. The van der Waals surface area contributed by atoms with Crippen LogP contribution in [-0.2, 0) is 13.0 Å². The molecule has 0 saturated heterocycles. The maximum absolute atomic E-state index is 5.33. The van der Waals surface area contributed by atoms with E-state index in [2.05, 4.69) is 44.9 Å². The van der Waals surface area contributed by atoms with Gasteiger partial charge < -0.3 is 20.1 Å². The molecule has 0 bridgehead atoms. The van der Waals surface area contributed by atoms with E-state index in [0.29, 0.717) is 29.8 Å². The van der Waals surface area contributed by atoms with E-state index in [1.165, 1.54) is 5.56 Å². The van der Waals surface area contributed by atoms with Crippen molar-refractivity contribution in [3.05, 3.63) is 59.8 Å². The highest BCUT2D eigenvalue weighted by molar-refractivity contribution is 5.54. The van der Waals surface area contributed by atoms with Gasteiger partial charge in [-0.25, -0.2) is 0 Å². The summed E-state index contributed by atoms with van der Waals surface area (Å²) in [7, 11) is 3.24. The van der Waals surface area contributed by atoms with Crippen LogP contribution in [0.15, 0.2) is 48.7 Å². The predicted molar refractivity (Wildman–Crippen MR) is 106 cm³/mol. The Morgan fingerprint density at radius 3 is 2.37 bits per heavy atom. The average Bonchev–Trinajstić information content (AvgIpc) is 2.73. The number of nitrogens with one attached hydrogen (secondary N) is 2. The topological polar surface area (TPSA) is 81.2 Å². The number of aryl methyl sites for hydroxylation is 1. The van der Waals surface area contributed by atoms with Gasteiger partial charge in [0.05, 0.1) is 20.4 Å². The molecule has 3 aromatic rings. The molecule has 0 aliphatic carbocycles. The Kier molecular flexibility index (Phi) is 6.04. The molecule has 140 valence electrons. The van der Waals surface area contributed by atoms with Gasteiger partial charge in [-0.15, -0.1) is 5.10 Å². The number of anilines is 3. The minimum absolute atomic E-state index is 0.441. The zero-order chi connectivity index (χ0) is 19.1. The van der Waals surface area contributed by atoms with E-state index in [1.807, 2.05) is 30.3 Å². The molecule has 2 aromatic carbocycles. The molecule has 0 aliphatic heterocycles. The Labute approximate surface area is 158 Å². The van der Waals surface area contributed by atoms with E-state index in [4.69, 9.17) is 9.47 Å². The summed E-state index contributed by atoms with van der Waals surface area (Å²) in [5, 5.41) is 14.4. The average molecular weight is 365 g/mol. The van der Waals surface area contributed by atoms with Gasteiger partial charge >= 0.3 is 0 Å². The van der Waals surface area contributed by atoms with Crippen LogP contribution in [0.25, 0.3) is 0 Å². The zero-order valence-electron chi connectivity index (χ0n) is 15.7. The molecule has 0 radical (unpaired) electrons. The van der Waals surface area contributed by atoms with Crippen molar-refractivity contribution in [2.45, 2.75) is 19.9 Å².